The van der Waals surface area contributed by atoms with Crippen LogP contribution in [-0.2, 0) is 0 Å². The van der Waals surface area contributed by atoms with Crippen LogP contribution in [0, 0.1) is 0 Å². The van der Waals surface area contributed by atoms with Crippen molar-refractivity contribution in [2.24, 2.45) is 10.2 Å². The Bertz CT molecular complexity index is 924. The van der Waals surface area contributed by atoms with E-state index in [0.29, 0.717) is 17.1 Å². The summed E-state index contributed by atoms with van der Waals surface area (Å²) in [6, 6.07) is 16.1. The molecule has 2 aromatic carbocycles. The van der Waals surface area contributed by atoms with Gasteiger partial charge in [-0.25, -0.2) is 0 Å². The molecule has 1 aromatic heterocycles. The van der Waals surface area contributed by atoms with Crippen molar-refractivity contribution in [2.75, 3.05) is 5.32 Å². The van der Waals surface area contributed by atoms with Gasteiger partial charge in [0.2, 0.25) is 0 Å². The van der Waals surface area contributed by atoms with E-state index in [-0.39, 0.29) is 17.0 Å². The molecule has 0 aliphatic rings. The molecular weight excluding hydrogens is 306 g/mol. The van der Waals surface area contributed by atoms with E-state index in [1.165, 1.54) is 6.92 Å². The van der Waals surface area contributed by atoms with E-state index in [0.717, 1.165) is 5.69 Å². The van der Waals surface area contributed by atoms with E-state index in [1.54, 1.807) is 24.3 Å². The third-order valence-corrected chi connectivity index (χ3v) is 3.34. The number of azo groups is 1. The lowest BCUT2D eigenvalue weighted by Crippen LogP contribution is -1.97. The van der Waals surface area contributed by atoms with E-state index >= 15 is 0 Å². The van der Waals surface area contributed by atoms with Crippen molar-refractivity contribution in [3.05, 3.63) is 70.5 Å². The highest BCUT2D eigenvalue weighted by Gasteiger charge is 2.09. The number of nitrogens with one attached hydrogen (secondary N) is 3. The maximum Gasteiger partial charge on any atom is 0.294 e. The zero-order valence-electron chi connectivity index (χ0n) is 12.9. The highest BCUT2D eigenvalue weighted by atomic mass is 16.1. The lowest BCUT2D eigenvalue weighted by atomic mass is 10.1. The number of carbonyl (C=O) groups excluding carboxylic acids is 1. The van der Waals surface area contributed by atoms with Crippen LogP contribution in [0.4, 0.5) is 22.9 Å². The van der Waals surface area contributed by atoms with Crippen LogP contribution in [-0.4, -0.2) is 16.0 Å². The van der Waals surface area contributed by atoms with Gasteiger partial charge in [-0.15, -0.1) is 5.11 Å². The Morgan fingerprint density at radius 1 is 0.958 bits per heavy atom. The predicted octanol–water partition coefficient (Wildman–Crippen LogP) is 4.06. The number of Topliss-reactive ketones (excluding diaryl/α,β-unsaturated/α-hetero) is 1. The summed E-state index contributed by atoms with van der Waals surface area (Å²) in [5.74, 6) is 0.408. The summed E-state index contributed by atoms with van der Waals surface area (Å²) in [7, 11) is 0. The lowest BCUT2D eigenvalue weighted by molar-refractivity contribution is 0.101. The molecule has 7 heteroatoms. The number of ketones is 1. The predicted molar refractivity (Wildman–Crippen MR) is 91.8 cm³/mol. The van der Waals surface area contributed by atoms with E-state index < -0.39 is 0 Å². The Labute approximate surface area is 137 Å². The molecule has 0 bridgehead atoms. The van der Waals surface area contributed by atoms with Gasteiger partial charge in [-0.1, -0.05) is 18.2 Å². The molecule has 0 aliphatic carbocycles. The minimum atomic E-state index is -0.377. The molecule has 0 spiro atoms. The van der Waals surface area contributed by atoms with Crippen molar-refractivity contribution >= 4 is 28.7 Å². The van der Waals surface area contributed by atoms with Crippen LogP contribution >= 0.6 is 0 Å². The van der Waals surface area contributed by atoms with E-state index in [2.05, 4.69) is 25.7 Å². The highest BCUT2D eigenvalue weighted by molar-refractivity contribution is 5.94. The summed E-state index contributed by atoms with van der Waals surface area (Å²) in [6.07, 6.45) is 0. The van der Waals surface area contributed by atoms with Crippen LogP contribution in [0.25, 0.3) is 0 Å². The summed E-state index contributed by atoms with van der Waals surface area (Å²) in [4.78, 5) is 23.1. The van der Waals surface area contributed by atoms with Gasteiger partial charge in [-0.3, -0.25) is 19.8 Å². The number of aromatic nitrogens is 2. The molecule has 0 saturated heterocycles. The van der Waals surface area contributed by atoms with Crippen molar-refractivity contribution in [1.29, 1.82) is 0 Å². The first-order chi connectivity index (χ1) is 11.6. The number of hydrogen-bond acceptors (Lipinski definition) is 5. The molecule has 0 saturated carbocycles. The smallest absolute Gasteiger partial charge is 0.294 e. The quantitative estimate of drug-likeness (QED) is 0.487. The van der Waals surface area contributed by atoms with Gasteiger partial charge in [-0.2, -0.15) is 5.11 Å². The van der Waals surface area contributed by atoms with E-state index in [1.807, 2.05) is 30.3 Å². The van der Waals surface area contributed by atoms with Crippen molar-refractivity contribution in [3.63, 3.8) is 0 Å². The molecule has 0 aliphatic heterocycles. The number of benzene rings is 2. The fraction of sp³-hybridized carbons (Fsp3) is 0.0588. The lowest BCUT2D eigenvalue weighted by Gasteiger charge is -2.03. The summed E-state index contributed by atoms with van der Waals surface area (Å²) in [6.45, 7) is 1.50. The highest BCUT2D eigenvalue weighted by Crippen LogP contribution is 2.24. The molecule has 3 aromatic rings. The number of para-hydroxylation sites is 1. The number of hydrogen-bond donors (Lipinski definition) is 3. The molecule has 24 heavy (non-hydrogen) atoms. The molecule has 120 valence electrons. The largest absolute Gasteiger partial charge is 0.339 e. The fourth-order valence-electron chi connectivity index (χ4n) is 2.07. The molecule has 3 rings (SSSR count). The van der Waals surface area contributed by atoms with Crippen molar-refractivity contribution in [3.8, 4) is 0 Å². The van der Waals surface area contributed by atoms with Gasteiger partial charge in [0, 0.05) is 11.3 Å². The second-order valence-corrected chi connectivity index (χ2v) is 5.10. The van der Waals surface area contributed by atoms with Gasteiger partial charge in [0.05, 0.1) is 5.69 Å². The molecule has 0 atom stereocenters. The Kier molecular flexibility index (Phi) is 4.33. The summed E-state index contributed by atoms with van der Waals surface area (Å²) in [5.41, 5.74) is 1.73. The van der Waals surface area contributed by atoms with Crippen molar-refractivity contribution in [1.82, 2.24) is 10.2 Å². The van der Waals surface area contributed by atoms with Crippen LogP contribution in [0.1, 0.15) is 17.3 Å². The standard InChI is InChI=1S/C17H15N5O2/c1-11(23)12-7-9-14(10-8-12)19-20-15-16(21-22-17(15)24)18-13-5-3-2-4-6-13/h2-10H,1H3,(H3,18,21,22,24). The third kappa shape index (κ3) is 3.46. The SMILES string of the molecule is CC(=O)c1ccc(N=Nc2c(Nc3ccccc3)[nH][nH]c2=O)cc1. The van der Waals surface area contributed by atoms with Crippen LogP contribution in [0.15, 0.2) is 69.6 Å². The van der Waals surface area contributed by atoms with Crippen LogP contribution < -0.4 is 10.9 Å². The Balaban J connectivity index is 1.83. The molecule has 0 radical (unpaired) electrons. The fourth-order valence-corrected chi connectivity index (χ4v) is 2.07. The zero-order valence-corrected chi connectivity index (χ0v) is 12.9. The normalized spacial score (nSPS) is 10.9. The maximum atomic E-state index is 11.9. The Morgan fingerprint density at radius 3 is 2.33 bits per heavy atom. The Morgan fingerprint density at radius 2 is 1.67 bits per heavy atom. The number of rotatable bonds is 5. The topological polar surface area (TPSA) is 102 Å². The summed E-state index contributed by atoms with van der Waals surface area (Å²) < 4.78 is 0. The second-order valence-electron chi connectivity index (χ2n) is 5.10. The zero-order chi connectivity index (χ0) is 16.9. The number of aromatic amines is 2. The van der Waals surface area contributed by atoms with Gasteiger partial charge in [0.1, 0.15) is 0 Å². The molecule has 0 fully saturated rings. The summed E-state index contributed by atoms with van der Waals surface area (Å²) >= 11 is 0. The van der Waals surface area contributed by atoms with E-state index in [4.69, 9.17) is 0 Å². The molecule has 3 N–H and O–H groups in total. The molecule has 0 unspecified atom stereocenters. The second kappa shape index (κ2) is 6.74. The first-order valence-corrected chi connectivity index (χ1v) is 7.29. The number of carbonyl (C=O) groups is 1. The number of nitrogens with zero attached hydrogens (tertiary/aromatic N) is 2. The molecule has 7 nitrogen and oxygen atoms in total. The van der Waals surface area contributed by atoms with Gasteiger partial charge in [0.25, 0.3) is 5.56 Å². The average Bonchev–Trinajstić information content (AvgIpc) is 2.94. The van der Waals surface area contributed by atoms with Gasteiger partial charge >= 0.3 is 0 Å². The van der Waals surface area contributed by atoms with Gasteiger partial charge in [0.15, 0.2) is 17.3 Å². The Hall–Kier alpha value is -3.48. The number of anilines is 2. The minimum Gasteiger partial charge on any atom is -0.339 e. The van der Waals surface area contributed by atoms with Gasteiger partial charge < -0.3 is 5.32 Å². The minimum absolute atomic E-state index is 0.0186. The molecule has 1 heterocycles. The monoisotopic (exact) mass is 321 g/mol. The van der Waals surface area contributed by atoms with Crippen LogP contribution in [0.2, 0.25) is 0 Å². The first kappa shape index (κ1) is 15.4. The number of H-pyrrole nitrogens is 2. The maximum absolute atomic E-state index is 11.9. The van der Waals surface area contributed by atoms with Gasteiger partial charge in [-0.05, 0) is 43.3 Å². The average molecular weight is 321 g/mol. The third-order valence-electron chi connectivity index (χ3n) is 3.34. The molecular formula is C17H15N5O2. The summed E-state index contributed by atoms with van der Waals surface area (Å²) in [5, 5.41) is 16.3. The van der Waals surface area contributed by atoms with Crippen molar-refractivity contribution in [2.45, 2.75) is 6.92 Å². The molecule has 0 amide bonds. The van der Waals surface area contributed by atoms with Crippen LogP contribution in [0.3, 0.4) is 0 Å². The van der Waals surface area contributed by atoms with E-state index in [9.17, 15) is 9.59 Å². The van der Waals surface area contributed by atoms with Crippen molar-refractivity contribution < 1.29 is 4.79 Å². The van der Waals surface area contributed by atoms with Crippen LogP contribution in [0.5, 0.6) is 0 Å². The first-order valence-electron chi connectivity index (χ1n) is 7.29.